The van der Waals surface area contributed by atoms with Crippen LogP contribution in [0.5, 0.6) is 0 Å². The number of piperidine rings is 1. The Labute approximate surface area is 197 Å². The van der Waals surface area contributed by atoms with Crippen molar-refractivity contribution in [2.75, 3.05) is 26.2 Å². The van der Waals surface area contributed by atoms with Gasteiger partial charge in [0.25, 0.3) is 5.91 Å². The van der Waals surface area contributed by atoms with Crippen molar-refractivity contribution in [1.82, 2.24) is 19.4 Å². The van der Waals surface area contributed by atoms with Crippen molar-refractivity contribution < 1.29 is 4.79 Å². The van der Waals surface area contributed by atoms with Crippen LogP contribution in [0, 0.1) is 6.92 Å². The summed E-state index contributed by atoms with van der Waals surface area (Å²) in [6, 6.07) is 15.4. The van der Waals surface area contributed by atoms with Crippen molar-refractivity contribution in [3.63, 3.8) is 0 Å². The van der Waals surface area contributed by atoms with Crippen molar-refractivity contribution in [2.24, 2.45) is 0 Å². The van der Waals surface area contributed by atoms with Gasteiger partial charge in [-0.05, 0) is 63.4 Å². The summed E-state index contributed by atoms with van der Waals surface area (Å²) in [6.07, 6.45) is 7.55. The lowest BCUT2D eigenvalue weighted by Gasteiger charge is -2.38. The van der Waals surface area contributed by atoms with E-state index < -0.39 is 0 Å². The van der Waals surface area contributed by atoms with E-state index in [1.807, 2.05) is 6.92 Å². The van der Waals surface area contributed by atoms with Crippen molar-refractivity contribution in [1.29, 1.82) is 0 Å². The Kier molecular flexibility index (Phi) is 6.50. The van der Waals surface area contributed by atoms with Crippen LogP contribution in [-0.2, 0) is 6.54 Å². The lowest BCUT2D eigenvalue weighted by Crippen LogP contribution is -2.47. The number of aryl methyl sites for hydroxylation is 1. The Morgan fingerprint density at radius 2 is 1.64 bits per heavy atom. The van der Waals surface area contributed by atoms with E-state index in [0.29, 0.717) is 6.04 Å². The molecule has 0 atom stereocenters. The molecule has 33 heavy (non-hydrogen) atoms. The minimum absolute atomic E-state index is 0.141. The minimum atomic E-state index is 0.141. The number of hydrogen-bond acceptors (Lipinski definition) is 3. The van der Waals surface area contributed by atoms with Gasteiger partial charge in [0.05, 0.1) is 5.69 Å². The molecule has 5 nitrogen and oxygen atoms in total. The number of hydrogen-bond donors (Lipinski definition) is 0. The van der Waals surface area contributed by atoms with Gasteiger partial charge in [-0.3, -0.25) is 4.79 Å². The lowest BCUT2D eigenvalue weighted by atomic mass is 10.0. The van der Waals surface area contributed by atoms with Gasteiger partial charge in [0.1, 0.15) is 11.5 Å². The van der Waals surface area contributed by atoms with Crippen LogP contribution in [0.2, 0.25) is 0 Å². The first kappa shape index (κ1) is 22.1. The van der Waals surface area contributed by atoms with E-state index >= 15 is 0 Å². The van der Waals surface area contributed by atoms with Crippen molar-refractivity contribution in [2.45, 2.75) is 65.0 Å². The molecule has 0 aliphatic carbocycles. The molecule has 1 amide bonds. The fourth-order valence-electron chi connectivity index (χ4n) is 5.82. The van der Waals surface area contributed by atoms with Gasteiger partial charge in [0, 0.05) is 31.2 Å². The monoisotopic (exact) mass is 444 g/mol. The summed E-state index contributed by atoms with van der Waals surface area (Å²) in [5.41, 5.74) is 2.69. The molecule has 174 valence electrons. The molecule has 0 radical (unpaired) electrons. The maximum Gasteiger partial charge on any atom is 0.272 e. The van der Waals surface area contributed by atoms with Crippen LogP contribution in [0.25, 0.3) is 22.2 Å². The Morgan fingerprint density at radius 3 is 2.36 bits per heavy atom. The second-order valence-electron chi connectivity index (χ2n) is 9.61. The fraction of sp³-hybridized carbons (Fsp3) is 0.500. The van der Waals surface area contributed by atoms with Crippen molar-refractivity contribution in [3.8, 4) is 11.4 Å². The summed E-state index contributed by atoms with van der Waals surface area (Å²) in [5.74, 6) is 1.04. The van der Waals surface area contributed by atoms with E-state index in [9.17, 15) is 4.79 Å². The molecule has 0 N–H and O–H groups in total. The fourth-order valence-corrected chi connectivity index (χ4v) is 5.82. The molecular formula is C28H36N4O. The second-order valence-corrected chi connectivity index (χ2v) is 9.61. The highest BCUT2D eigenvalue weighted by Crippen LogP contribution is 2.31. The molecule has 2 aromatic carbocycles. The third kappa shape index (κ3) is 4.31. The summed E-state index contributed by atoms with van der Waals surface area (Å²) in [4.78, 5) is 23.4. The molecule has 1 aromatic heterocycles. The molecule has 3 aromatic rings. The topological polar surface area (TPSA) is 41.4 Å². The highest BCUT2D eigenvalue weighted by molar-refractivity contribution is 5.98. The first-order valence-corrected chi connectivity index (χ1v) is 12.8. The van der Waals surface area contributed by atoms with Crippen LogP contribution in [0.4, 0.5) is 0 Å². The molecular weight excluding hydrogens is 408 g/mol. The molecule has 3 heterocycles. The number of likely N-dealkylation sites (tertiary alicyclic amines) is 2. The van der Waals surface area contributed by atoms with Gasteiger partial charge in [-0.2, -0.15) is 0 Å². The quantitative estimate of drug-likeness (QED) is 0.533. The van der Waals surface area contributed by atoms with E-state index in [4.69, 9.17) is 4.98 Å². The molecule has 5 heteroatoms. The van der Waals surface area contributed by atoms with Crippen LogP contribution in [-0.4, -0.2) is 57.5 Å². The standard InChI is InChI=1S/C28H36N4O/c1-3-32-26(21(2)29-27(32)25-14-10-12-22-11-6-7-13-24(22)25)28(33)31-19-15-23(16-20-31)30-17-8-4-5-9-18-30/h6-7,10-14,23H,3-5,8-9,15-20H2,1-2H3. The molecule has 2 aliphatic heterocycles. The van der Waals surface area contributed by atoms with Gasteiger partial charge in [0.15, 0.2) is 0 Å². The third-order valence-corrected chi connectivity index (χ3v) is 7.60. The predicted octanol–water partition coefficient (Wildman–Crippen LogP) is 5.51. The Hall–Kier alpha value is -2.66. The molecule has 0 saturated carbocycles. The number of benzene rings is 2. The van der Waals surface area contributed by atoms with E-state index in [1.54, 1.807) is 0 Å². The average Bonchev–Trinajstić information content (AvgIpc) is 3.01. The minimum Gasteiger partial charge on any atom is -0.337 e. The van der Waals surface area contributed by atoms with Gasteiger partial charge >= 0.3 is 0 Å². The maximum absolute atomic E-state index is 13.7. The largest absolute Gasteiger partial charge is 0.337 e. The van der Waals surface area contributed by atoms with Crippen molar-refractivity contribution >= 4 is 16.7 Å². The number of amides is 1. The number of imidazole rings is 1. The summed E-state index contributed by atoms with van der Waals surface area (Å²) in [5, 5.41) is 2.37. The molecule has 0 bridgehead atoms. The van der Waals surface area contributed by atoms with Gasteiger partial charge in [-0.15, -0.1) is 0 Å². The lowest BCUT2D eigenvalue weighted by molar-refractivity contribution is 0.0612. The SMILES string of the molecule is CCn1c(-c2cccc3ccccc23)nc(C)c1C(=O)N1CCC(N2CCCCCC2)CC1. The zero-order chi connectivity index (χ0) is 22.8. The van der Waals surface area contributed by atoms with Crippen LogP contribution in [0.3, 0.4) is 0 Å². The third-order valence-electron chi connectivity index (χ3n) is 7.60. The molecule has 2 aliphatic rings. The highest BCUT2D eigenvalue weighted by Gasteiger charge is 2.31. The summed E-state index contributed by atoms with van der Waals surface area (Å²) >= 11 is 0. The number of nitrogens with zero attached hydrogens (tertiary/aromatic N) is 4. The second kappa shape index (κ2) is 9.68. The van der Waals surface area contributed by atoms with Crippen LogP contribution >= 0.6 is 0 Å². The zero-order valence-corrected chi connectivity index (χ0v) is 20.1. The molecule has 0 unspecified atom stereocenters. The highest BCUT2D eigenvalue weighted by atomic mass is 16.2. The summed E-state index contributed by atoms with van der Waals surface area (Å²) < 4.78 is 2.13. The van der Waals surface area contributed by atoms with Gasteiger partial charge in [0.2, 0.25) is 0 Å². The zero-order valence-electron chi connectivity index (χ0n) is 20.1. The first-order valence-electron chi connectivity index (χ1n) is 12.8. The van der Waals surface area contributed by atoms with Crippen molar-refractivity contribution in [3.05, 3.63) is 53.9 Å². The molecule has 5 rings (SSSR count). The molecule has 2 fully saturated rings. The number of aromatic nitrogens is 2. The number of rotatable bonds is 4. The maximum atomic E-state index is 13.7. The molecule has 2 saturated heterocycles. The summed E-state index contributed by atoms with van der Waals surface area (Å²) in [6.45, 7) is 8.97. The Bertz CT molecular complexity index is 1110. The smallest absolute Gasteiger partial charge is 0.272 e. The Balaban J connectivity index is 1.39. The molecule has 0 spiro atoms. The number of carbonyl (C=O) groups is 1. The van der Waals surface area contributed by atoms with Gasteiger partial charge in [-0.25, -0.2) is 4.98 Å². The predicted molar refractivity (Wildman–Crippen MR) is 135 cm³/mol. The normalized spacial score (nSPS) is 18.5. The van der Waals surface area contributed by atoms with E-state index in [2.05, 4.69) is 63.8 Å². The Morgan fingerprint density at radius 1 is 0.939 bits per heavy atom. The van der Waals surface area contributed by atoms with Gasteiger partial charge < -0.3 is 14.4 Å². The number of carbonyl (C=O) groups excluding carboxylic acids is 1. The number of fused-ring (bicyclic) bond motifs is 1. The van der Waals surface area contributed by atoms with Crippen LogP contribution in [0.1, 0.15) is 61.6 Å². The van der Waals surface area contributed by atoms with Gasteiger partial charge in [-0.1, -0.05) is 55.3 Å². The van der Waals surface area contributed by atoms with E-state index in [-0.39, 0.29) is 5.91 Å². The average molecular weight is 445 g/mol. The van der Waals surface area contributed by atoms with Crippen LogP contribution in [0.15, 0.2) is 42.5 Å². The first-order chi connectivity index (χ1) is 16.2. The van der Waals surface area contributed by atoms with E-state index in [0.717, 1.165) is 55.3 Å². The van der Waals surface area contributed by atoms with E-state index in [1.165, 1.54) is 49.5 Å². The van der Waals surface area contributed by atoms with Crippen LogP contribution < -0.4 is 0 Å². The summed E-state index contributed by atoms with van der Waals surface area (Å²) in [7, 11) is 0.